The fourth-order valence-electron chi connectivity index (χ4n) is 9.13. The molecule has 3 fully saturated rings. The normalized spacial score (nSPS) is 20.4. The molecule has 4 N–H and O–H groups in total. The molecular formula is C45H76N4O6. The minimum Gasteiger partial charge on any atom is -0.391 e. The van der Waals surface area contributed by atoms with Crippen molar-refractivity contribution >= 4 is 17.7 Å². The number of nitrogens with one attached hydrogen (secondary N) is 3. The average molecular weight is 769 g/mol. The van der Waals surface area contributed by atoms with E-state index in [2.05, 4.69) is 36.7 Å². The summed E-state index contributed by atoms with van der Waals surface area (Å²) in [4.78, 5) is 44.2. The van der Waals surface area contributed by atoms with Crippen LogP contribution in [0.4, 0.5) is 0 Å². The maximum absolute atomic E-state index is 14.5. The fraction of sp³-hybridized carbons (Fsp3) is 0.800. The summed E-state index contributed by atoms with van der Waals surface area (Å²) in [6.45, 7) is 8.32. The number of benzene rings is 1. The van der Waals surface area contributed by atoms with Crippen molar-refractivity contribution in [1.82, 2.24) is 20.9 Å². The first-order valence-electron chi connectivity index (χ1n) is 22.1. The Bertz CT molecular complexity index is 1230. The lowest BCUT2D eigenvalue weighted by molar-refractivity contribution is -0.139. The molecule has 2 aliphatic carbocycles. The Morgan fingerprint density at radius 3 is 2.15 bits per heavy atom. The number of aliphatic hydroxyl groups is 1. The highest BCUT2D eigenvalue weighted by molar-refractivity contribution is 5.86. The molecule has 1 aromatic rings. The number of carbonyl (C=O) groups is 3. The van der Waals surface area contributed by atoms with Gasteiger partial charge in [-0.2, -0.15) is 0 Å². The highest BCUT2D eigenvalue weighted by Crippen LogP contribution is 2.30. The Morgan fingerprint density at radius 1 is 0.873 bits per heavy atom. The van der Waals surface area contributed by atoms with Crippen LogP contribution >= 0.6 is 0 Å². The summed E-state index contributed by atoms with van der Waals surface area (Å²) >= 11 is 0. The molecule has 5 atom stereocenters. The topological polar surface area (TPSA) is 129 Å². The smallest absolute Gasteiger partial charge is 0.240 e. The predicted octanol–water partition coefficient (Wildman–Crippen LogP) is 6.92. The van der Waals surface area contributed by atoms with Gasteiger partial charge in [0.15, 0.2) is 0 Å². The largest absolute Gasteiger partial charge is 0.391 e. The molecule has 312 valence electrons. The minimum absolute atomic E-state index is 0.00333. The lowest BCUT2D eigenvalue weighted by atomic mass is 9.81. The highest BCUT2D eigenvalue weighted by atomic mass is 16.7. The van der Waals surface area contributed by atoms with Crippen LogP contribution in [0, 0.1) is 23.7 Å². The van der Waals surface area contributed by atoms with Crippen LogP contribution in [0.3, 0.4) is 0 Å². The second-order valence-corrected chi connectivity index (χ2v) is 17.3. The van der Waals surface area contributed by atoms with E-state index in [1.165, 1.54) is 51.4 Å². The third kappa shape index (κ3) is 15.7. The van der Waals surface area contributed by atoms with Gasteiger partial charge in [0.1, 0.15) is 6.79 Å². The predicted molar refractivity (Wildman–Crippen MR) is 219 cm³/mol. The van der Waals surface area contributed by atoms with Gasteiger partial charge in [0.05, 0.1) is 30.3 Å². The lowest BCUT2D eigenvalue weighted by Crippen LogP contribution is -2.58. The van der Waals surface area contributed by atoms with Crippen molar-refractivity contribution in [3.05, 3.63) is 35.9 Å². The summed E-state index contributed by atoms with van der Waals surface area (Å²) in [5.74, 6) is 0.637. The van der Waals surface area contributed by atoms with E-state index in [-0.39, 0.29) is 42.5 Å². The first kappa shape index (κ1) is 45.2. The molecule has 0 bridgehead atoms. The van der Waals surface area contributed by atoms with Crippen molar-refractivity contribution < 1.29 is 29.0 Å². The maximum atomic E-state index is 14.5. The number of unbranched alkanes of at least 4 members (excludes halogenated alkanes) is 1. The Morgan fingerprint density at radius 2 is 1.53 bits per heavy atom. The van der Waals surface area contributed by atoms with E-state index < -0.39 is 24.2 Å². The van der Waals surface area contributed by atoms with Crippen molar-refractivity contribution in [3.63, 3.8) is 0 Å². The Balaban J connectivity index is 1.47. The number of aliphatic hydroxyl groups excluding tert-OH is 1. The van der Waals surface area contributed by atoms with Crippen molar-refractivity contribution in [2.45, 2.75) is 173 Å². The third-order valence-electron chi connectivity index (χ3n) is 12.6. The molecule has 0 radical (unpaired) electrons. The van der Waals surface area contributed by atoms with Gasteiger partial charge in [0.2, 0.25) is 17.7 Å². The minimum atomic E-state index is -0.863. The van der Waals surface area contributed by atoms with Gasteiger partial charge in [-0.05, 0) is 68.3 Å². The SMILES string of the molecule is CCCC[C@H](N[C@@H](Cc1ccccc1)C(=O)N1CCC(OCOC)CC1)C(=O)N[C@@H](CC1CCCCC1)[C@@H](O)C[C@H](C(=O)NCCC1CCCCC1)C(C)C. The van der Waals surface area contributed by atoms with E-state index in [4.69, 9.17) is 9.47 Å². The standard InChI is InChI=1S/C45H76N4O6/c1-5-6-22-39(47-41(30-36-20-14-9-15-21-36)45(53)49-27-24-37(25-28-49)55-32-54-4)44(52)48-40(29-35-18-12-8-13-19-35)42(50)31-38(33(2)3)43(51)46-26-23-34-16-10-7-11-17-34/h9,14-15,20-21,33-35,37-42,47,50H,5-8,10-13,16-19,22-32H2,1-4H3,(H,46,51)(H,48,52)/t38-,39-,40-,41-,42-/m0/s1. The molecule has 3 aliphatic rings. The average Bonchev–Trinajstić information content (AvgIpc) is 3.20. The van der Waals surface area contributed by atoms with E-state index in [1.807, 2.05) is 35.2 Å². The maximum Gasteiger partial charge on any atom is 0.240 e. The number of ether oxygens (including phenoxy) is 2. The quantitative estimate of drug-likeness (QED) is 0.0890. The summed E-state index contributed by atoms with van der Waals surface area (Å²) in [6.07, 6.45) is 17.6. The van der Waals surface area contributed by atoms with Gasteiger partial charge in [0.25, 0.3) is 0 Å². The number of hydrogen-bond acceptors (Lipinski definition) is 7. The van der Waals surface area contributed by atoms with Crippen LogP contribution in [-0.2, 0) is 30.3 Å². The molecule has 10 heteroatoms. The zero-order valence-corrected chi connectivity index (χ0v) is 34.8. The van der Waals surface area contributed by atoms with Crippen LogP contribution in [-0.4, -0.2) is 91.6 Å². The first-order chi connectivity index (χ1) is 26.7. The van der Waals surface area contributed by atoms with E-state index in [0.717, 1.165) is 50.5 Å². The fourth-order valence-corrected chi connectivity index (χ4v) is 9.13. The van der Waals surface area contributed by atoms with E-state index in [1.54, 1.807) is 7.11 Å². The van der Waals surface area contributed by atoms with Crippen LogP contribution in [0.15, 0.2) is 30.3 Å². The molecule has 4 rings (SSSR count). The van der Waals surface area contributed by atoms with Crippen molar-refractivity contribution in [1.29, 1.82) is 0 Å². The Hall–Kier alpha value is -2.53. The number of hydrogen-bond donors (Lipinski definition) is 4. The summed E-state index contributed by atoms with van der Waals surface area (Å²) in [7, 11) is 1.61. The zero-order chi connectivity index (χ0) is 39.4. The van der Waals surface area contributed by atoms with E-state index >= 15 is 0 Å². The zero-order valence-electron chi connectivity index (χ0n) is 34.8. The molecule has 0 aromatic heterocycles. The molecule has 1 heterocycles. The molecule has 1 aromatic carbocycles. The molecule has 3 amide bonds. The summed E-state index contributed by atoms with van der Waals surface area (Å²) in [5, 5.41) is 22.0. The van der Waals surface area contributed by atoms with Crippen LogP contribution in [0.25, 0.3) is 0 Å². The number of piperidine rings is 1. The van der Waals surface area contributed by atoms with Gasteiger partial charge in [-0.3, -0.25) is 19.7 Å². The molecule has 1 saturated heterocycles. The van der Waals surface area contributed by atoms with Gasteiger partial charge in [-0.1, -0.05) is 128 Å². The molecule has 10 nitrogen and oxygen atoms in total. The van der Waals surface area contributed by atoms with Crippen molar-refractivity contribution in [2.24, 2.45) is 23.7 Å². The van der Waals surface area contributed by atoms with Gasteiger partial charge in [-0.15, -0.1) is 0 Å². The van der Waals surface area contributed by atoms with Crippen molar-refractivity contribution in [2.75, 3.05) is 33.5 Å². The number of amides is 3. The van der Waals surface area contributed by atoms with Crippen LogP contribution in [0.2, 0.25) is 0 Å². The lowest BCUT2D eigenvalue weighted by Gasteiger charge is -2.36. The van der Waals surface area contributed by atoms with Crippen LogP contribution in [0.1, 0.15) is 142 Å². The first-order valence-corrected chi connectivity index (χ1v) is 22.1. The van der Waals surface area contributed by atoms with Gasteiger partial charge in [0, 0.05) is 32.7 Å². The Kier molecular flexibility index (Phi) is 20.5. The monoisotopic (exact) mass is 769 g/mol. The number of carbonyl (C=O) groups excluding carboxylic acids is 3. The number of methoxy groups -OCH3 is 1. The number of nitrogens with zero attached hydrogens (tertiary/aromatic N) is 1. The molecule has 2 saturated carbocycles. The van der Waals surface area contributed by atoms with Gasteiger partial charge in [-0.25, -0.2) is 0 Å². The summed E-state index contributed by atoms with van der Waals surface area (Å²) < 4.78 is 10.9. The molecule has 0 unspecified atom stereocenters. The second-order valence-electron chi connectivity index (χ2n) is 17.3. The van der Waals surface area contributed by atoms with E-state index in [9.17, 15) is 19.5 Å². The molecular weight excluding hydrogens is 693 g/mol. The summed E-state index contributed by atoms with van der Waals surface area (Å²) in [6, 6.07) is 8.32. The third-order valence-corrected chi connectivity index (χ3v) is 12.6. The number of likely N-dealkylation sites (tertiary alicyclic amines) is 1. The molecule has 1 aliphatic heterocycles. The van der Waals surface area contributed by atoms with Crippen LogP contribution in [0.5, 0.6) is 0 Å². The van der Waals surface area contributed by atoms with E-state index in [0.29, 0.717) is 57.2 Å². The molecule has 55 heavy (non-hydrogen) atoms. The van der Waals surface area contributed by atoms with Gasteiger partial charge >= 0.3 is 0 Å². The second kappa shape index (κ2) is 25.0. The summed E-state index contributed by atoms with van der Waals surface area (Å²) in [5.41, 5.74) is 1.03. The Labute approximate surface area is 333 Å². The van der Waals surface area contributed by atoms with Gasteiger partial charge < -0.3 is 30.1 Å². The number of rotatable bonds is 23. The van der Waals surface area contributed by atoms with Crippen molar-refractivity contribution in [3.8, 4) is 0 Å². The highest BCUT2D eigenvalue weighted by Gasteiger charge is 2.36. The molecule has 0 spiro atoms. The van der Waals surface area contributed by atoms with Crippen LogP contribution < -0.4 is 16.0 Å².